The minimum Gasteiger partial charge on any atom is -0.352 e. The summed E-state index contributed by atoms with van der Waals surface area (Å²) in [5, 5.41) is 9.81. The summed E-state index contributed by atoms with van der Waals surface area (Å²) in [5.74, 6) is 0.649. The number of nitrogens with two attached hydrogens (primary N) is 1. The van der Waals surface area contributed by atoms with Crippen LogP contribution in [-0.4, -0.2) is 33.1 Å². The summed E-state index contributed by atoms with van der Waals surface area (Å²) in [6.45, 7) is 9.34. The third kappa shape index (κ3) is 5.40. The van der Waals surface area contributed by atoms with Gasteiger partial charge in [0.1, 0.15) is 0 Å². The second-order valence-corrected chi connectivity index (χ2v) is 9.56. The number of amides is 2. The summed E-state index contributed by atoms with van der Waals surface area (Å²) in [7, 11) is 0. The maximum Gasteiger partial charge on any atom is 0.312 e. The smallest absolute Gasteiger partial charge is 0.312 e. The number of rotatable bonds is 5. The Balaban J connectivity index is 1.71. The van der Waals surface area contributed by atoms with E-state index in [-0.39, 0.29) is 11.1 Å². The average Bonchev–Trinajstić information content (AvgIpc) is 2.99. The predicted molar refractivity (Wildman–Crippen MR) is 110 cm³/mol. The zero-order valence-corrected chi connectivity index (χ0v) is 17.1. The Bertz CT molecular complexity index is 800. The molecule has 0 aliphatic carbocycles. The molecular formula is C19H28N6OS. The highest BCUT2D eigenvalue weighted by atomic mass is 32.1. The first-order valence-electron chi connectivity index (χ1n) is 9.13. The molecule has 0 radical (unpaired) electrons. The van der Waals surface area contributed by atoms with Crippen LogP contribution in [0.25, 0.3) is 10.6 Å². The zero-order valence-electron chi connectivity index (χ0n) is 16.3. The molecule has 1 aliphatic rings. The highest BCUT2D eigenvalue weighted by Crippen LogP contribution is 2.31. The molecule has 3 rings (SSSR count). The monoisotopic (exact) mass is 388 g/mol. The zero-order chi connectivity index (χ0) is 19.7. The lowest BCUT2D eigenvalue weighted by molar-refractivity contribution is 0.170. The van der Waals surface area contributed by atoms with E-state index in [1.54, 1.807) is 17.5 Å². The van der Waals surface area contributed by atoms with Gasteiger partial charge in [0, 0.05) is 28.2 Å². The molecule has 1 saturated heterocycles. The molecule has 27 heavy (non-hydrogen) atoms. The van der Waals surface area contributed by atoms with E-state index >= 15 is 0 Å². The molecule has 146 valence electrons. The Morgan fingerprint density at radius 3 is 2.63 bits per heavy atom. The molecule has 0 aromatic carbocycles. The number of primary amides is 1. The molecule has 8 heteroatoms. The molecule has 0 bridgehead atoms. The van der Waals surface area contributed by atoms with E-state index in [4.69, 9.17) is 10.7 Å². The number of urea groups is 1. The minimum atomic E-state index is -0.522. The average molecular weight is 389 g/mol. The fraction of sp³-hybridized carbons (Fsp3) is 0.526. The summed E-state index contributed by atoms with van der Waals surface area (Å²) in [4.78, 5) is 22.0. The fourth-order valence-electron chi connectivity index (χ4n) is 3.96. The van der Waals surface area contributed by atoms with Crippen LogP contribution in [0.4, 0.5) is 10.7 Å². The number of carbonyl (C=O) groups excluding carboxylic acids is 1. The van der Waals surface area contributed by atoms with Crippen LogP contribution >= 0.6 is 11.3 Å². The SMILES string of the molecule is CC1(C)CC(Nc2nccc(-c3ccc(CNC(N)=O)s3)n2)CC(C)(C)N1. The summed E-state index contributed by atoms with van der Waals surface area (Å²) < 4.78 is 0. The van der Waals surface area contributed by atoms with Gasteiger partial charge < -0.3 is 21.7 Å². The molecule has 2 aromatic rings. The first kappa shape index (κ1) is 19.6. The van der Waals surface area contributed by atoms with E-state index in [2.05, 4.69) is 48.6 Å². The summed E-state index contributed by atoms with van der Waals surface area (Å²) in [6.07, 6.45) is 3.79. The Labute approximate surface area is 164 Å². The Morgan fingerprint density at radius 2 is 1.96 bits per heavy atom. The second kappa shape index (κ2) is 7.44. The van der Waals surface area contributed by atoms with Crippen LogP contribution < -0.4 is 21.7 Å². The number of nitrogens with zero attached hydrogens (tertiary/aromatic N) is 2. The lowest BCUT2D eigenvalue weighted by atomic mass is 9.80. The van der Waals surface area contributed by atoms with Crippen LogP contribution in [0.15, 0.2) is 24.4 Å². The highest BCUT2D eigenvalue weighted by molar-refractivity contribution is 7.15. The Morgan fingerprint density at radius 1 is 1.26 bits per heavy atom. The van der Waals surface area contributed by atoms with Crippen molar-refractivity contribution < 1.29 is 4.79 Å². The number of aromatic nitrogens is 2. The number of hydrogen-bond acceptors (Lipinski definition) is 6. The van der Waals surface area contributed by atoms with Crippen molar-refractivity contribution >= 4 is 23.3 Å². The normalized spacial score (nSPS) is 18.8. The van der Waals surface area contributed by atoms with Crippen molar-refractivity contribution in [2.24, 2.45) is 5.73 Å². The predicted octanol–water partition coefficient (Wildman–Crippen LogP) is 3.09. The van der Waals surface area contributed by atoms with Crippen molar-refractivity contribution in [3.8, 4) is 10.6 Å². The first-order valence-corrected chi connectivity index (χ1v) is 9.95. The van der Waals surface area contributed by atoms with Crippen LogP contribution in [0.2, 0.25) is 0 Å². The van der Waals surface area contributed by atoms with Gasteiger partial charge in [-0.1, -0.05) is 0 Å². The van der Waals surface area contributed by atoms with Gasteiger partial charge in [0.25, 0.3) is 0 Å². The summed E-state index contributed by atoms with van der Waals surface area (Å²) in [5.41, 5.74) is 6.12. The lowest BCUT2D eigenvalue weighted by Gasteiger charge is -2.46. The molecule has 1 aliphatic heterocycles. The number of nitrogens with one attached hydrogen (secondary N) is 3. The maximum atomic E-state index is 10.9. The van der Waals surface area contributed by atoms with Gasteiger partial charge in [0.2, 0.25) is 5.95 Å². The van der Waals surface area contributed by atoms with Gasteiger partial charge in [-0.2, -0.15) is 0 Å². The third-order valence-electron chi connectivity index (χ3n) is 4.53. The van der Waals surface area contributed by atoms with Crippen molar-refractivity contribution in [1.29, 1.82) is 0 Å². The van der Waals surface area contributed by atoms with Gasteiger partial charge in [-0.05, 0) is 58.7 Å². The summed E-state index contributed by atoms with van der Waals surface area (Å²) in [6, 6.07) is 5.67. The number of carbonyl (C=O) groups is 1. The van der Waals surface area contributed by atoms with Crippen LogP contribution in [0.3, 0.4) is 0 Å². The van der Waals surface area contributed by atoms with Crippen LogP contribution in [0.5, 0.6) is 0 Å². The molecule has 2 aromatic heterocycles. The van der Waals surface area contributed by atoms with Crippen LogP contribution in [0, 0.1) is 0 Å². The van der Waals surface area contributed by atoms with Gasteiger partial charge in [-0.25, -0.2) is 14.8 Å². The lowest BCUT2D eigenvalue weighted by Crippen LogP contribution is -2.60. The van der Waals surface area contributed by atoms with Gasteiger partial charge in [0.15, 0.2) is 0 Å². The maximum absolute atomic E-state index is 10.9. The molecule has 0 spiro atoms. The Hall–Kier alpha value is -2.19. The number of thiophene rings is 1. The van der Waals surface area contributed by atoms with E-state index in [1.165, 1.54) is 0 Å². The van der Waals surface area contributed by atoms with E-state index < -0.39 is 6.03 Å². The molecule has 0 saturated carbocycles. The largest absolute Gasteiger partial charge is 0.352 e. The van der Waals surface area contributed by atoms with Crippen molar-refractivity contribution in [3.63, 3.8) is 0 Å². The molecule has 0 unspecified atom stereocenters. The Kier molecular flexibility index (Phi) is 5.39. The highest BCUT2D eigenvalue weighted by Gasteiger charge is 2.37. The number of piperidine rings is 1. The molecule has 2 amide bonds. The molecule has 0 atom stereocenters. The standard InChI is InChI=1S/C19H28N6OS/c1-18(2)9-12(10-19(3,4)25-18)23-17-21-8-7-14(24-17)15-6-5-13(27-15)11-22-16(20)26/h5-8,12,25H,9-11H2,1-4H3,(H3,20,22,26)(H,21,23,24). The van der Waals surface area contributed by atoms with Crippen molar-refractivity contribution in [2.75, 3.05) is 5.32 Å². The van der Waals surface area contributed by atoms with Crippen molar-refractivity contribution in [1.82, 2.24) is 20.6 Å². The van der Waals surface area contributed by atoms with E-state index in [0.29, 0.717) is 18.5 Å². The molecule has 3 heterocycles. The quantitative estimate of drug-likeness (QED) is 0.630. The summed E-state index contributed by atoms with van der Waals surface area (Å²) >= 11 is 1.58. The minimum absolute atomic E-state index is 0.0626. The van der Waals surface area contributed by atoms with Crippen LogP contribution in [-0.2, 0) is 6.54 Å². The van der Waals surface area contributed by atoms with E-state index in [0.717, 1.165) is 28.3 Å². The van der Waals surface area contributed by atoms with E-state index in [1.807, 2.05) is 18.2 Å². The third-order valence-corrected chi connectivity index (χ3v) is 5.64. The number of hydrogen-bond donors (Lipinski definition) is 4. The van der Waals surface area contributed by atoms with Gasteiger partial charge >= 0.3 is 6.03 Å². The fourth-order valence-corrected chi connectivity index (χ4v) is 4.87. The molecule has 7 nitrogen and oxygen atoms in total. The topological polar surface area (TPSA) is 105 Å². The van der Waals surface area contributed by atoms with Crippen molar-refractivity contribution in [3.05, 3.63) is 29.3 Å². The van der Waals surface area contributed by atoms with Crippen molar-refractivity contribution in [2.45, 2.75) is 64.2 Å². The second-order valence-electron chi connectivity index (χ2n) is 8.39. The first-order chi connectivity index (χ1) is 12.6. The van der Waals surface area contributed by atoms with Gasteiger partial charge in [-0.3, -0.25) is 0 Å². The van der Waals surface area contributed by atoms with Crippen LogP contribution in [0.1, 0.15) is 45.4 Å². The van der Waals surface area contributed by atoms with Gasteiger partial charge in [0.05, 0.1) is 17.1 Å². The molecule has 5 N–H and O–H groups in total. The molecular weight excluding hydrogens is 360 g/mol. The van der Waals surface area contributed by atoms with E-state index in [9.17, 15) is 4.79 Å². The number of anilines is 1. The van der Waals surface area contributed by atoms with Gasteiger partial charge in [-0.15, -0.1) is 11.3 Å². The molecule has 1 fully saturated rings.